The Kier molecular flexibility index (Phi) is 5.36. The molecule has 2 heterocycles. The van der Waals surface area contributed by atoms with Gasteiger partial charge in [-0.25, -0.2) is 4.98 Å². The smallest absolute Gasteiger partial charge is 0.185 e. The van der Waals surface area contributed by atoms with E-state index in [0.717, 1.165) is 24.8 Å². The SMILES string of the molecule is CCNC(C)c1cnc(N(CC)Cc2cccs2)s1. The molecule has 0 aliphatic carbocycles. The number of anilines is 1. The number of nitrogens with one attached hydrogen (secondary N) is 1. The Morgan fingerprint density at radius 3 is 2.89 bits per heavy atom. The largest absolute Gasteiger partial charge is 0.343 e. The van der Waals surface area contributed by atoms with Crippen molar-refractivity contribution in [3.05, 3.63) is 33.5 Å². The van der Waals surface area contributed by atoms with Crippen LogP contribution in [0.5, 0.6) is 0 Å². The van der Waals surface area contributed by atoms with Gasteiger partial charge in [-0.05, 0) is 31.8 Å². The van der Waals surface area contributed by atoms with Crippen molar-refractivity contribution in [2.24, 2.45) is 0 Å². The molecule has 0 aliphatic heterocycles. The molecular formula is C14H21N3S2. The van der Waals surface area contributed by atoms with Gasteiger partial charge >= 0.3 is 0 Å². The number of thiazole rings is 1. The zero-order valence-electron chi connectivity index (χ0n) is 11.7. The molecule has 5 heteroatoms. The molecule has 19 heavy (non-hydrogen) atoms. The highest BCUT2D eigenvalue weighted by Gasteiger charge is 2.13. The van der Waals surface area contributed by atoms with Gasteiger partial charge in [0.2, 0.25) is 0 Å². The molecule has 1 atom stereocenters. The van der Waals surface area contributed by atoms with E-state index in [1.165, 1.54) is 9.75 Å². The van der Waals surface area contributed by atoms with E-state index >= 15 is 0 Å². The van der Waals surface area contributed by atoms with Gasteiger partial charge < -0.3 is 10.2 Å². The van der Waals surface area contributed by atoms with Crippen molar-refractivity contribution in [3.63, 3.8) is 0 Å². The maximum atomic E-state index is 4.58. The number of nitrogens with zero attached hydrogens (tertiary/aromatic N) is 2. The lowest BCUT2D eigenvalue weighted by Gasteiger charge is -2.18. The minimum Gasteiger partial charge on any atom is -0.343 e. The molecule has 104 valence electrons. The summed E-state index contributed by atoms with van der Waals surface area (Å²) in [6, 6.07) is 4.67. The summed E-state index contributed by atoms with van der Waals surface area (Å²) in [4.78, 5) is 9.61. The Labute approximate surface area is 123 Å². The molecule has 0 aromatic carbocycles. The second-order valence-corrected chi connectivity index (χ2v) is 6.49. The van der Waals surface area contributed by atoms with Crippen LogP contribution < -0.4 is 10.2 Å². The molecule has 2 rings (SSSR count). The third-order valence-corrected chi connectivity index (χ3v) is 5.13. The van der Waals surface area contributed by atoms with E-state index < -0.39 is 0 Å². The standard InChI is InChI=1S/C14H21N3S2/c1-4-15-11(3)13-9-16-14(19-13)17(5-2)10-12-7-6-8-18-12/h6-9,11,15H,4-5,10H2,1-3H3. The zero-order chi connectivity index (χ0) is 13.7. The molecule has 1 unspecified atom stereocenters. The second-order valence-electron chi connectivity index (χ2n) is 4.42. The fourth-order valence-corrected chi connectivity index (χ4v) is 3.66. The van der Waals surface area contributed by atoms with Crippen molar-refractivity contribution in [1.82, 2.24) is 10.3 Å². The molecule has 0 bridgehead atoms. The van der Waals surface area contributed by atoms with E-state index in [0.29, 0.717) is 6.04 Å². The number of hydrogen-bond acceptors (Lipinski definition) is 5. The Hall–Kier alpha value is -0.910. The lowest BCUT2D eigenvalue weighted by atomic mass is 10.3. The summed E-state index contributed by atoms with van der Waals surface area (Å²) in [5, 5.41) is 6.68. The third-order valence-electron chi connectivity index (χ3n) is 3.03. The summed E-state index contributed by atoms with van der Waals surface area (Å²) in [6.45, 7) is 9.44. The van der Waals surface area contributed by atoms with Gasteiger partial charge in [0.15, 0.2) is 5.13 Å². The molecule has 1 N–H and O–H groups in total. The number of hydrogen-bond donors (Lipinski definition) is 1. The van der Waals surface area contributed by atoms with E-state index in [9.17, 15) is 0 Å². The average molecular weight is 295 g/mol. The van der Waals surface area contributed by atoms with Crippen LogP contribution in [0.2, 0.25) is 0 Å². The van der Waals surface area contributed by atoms with Crippen LogP contribution in [-0.2, 0) is 6.54 Å². The van der Waals surface area contributed by atoms with Crippen LogP contribution in [0.3, 0.4) is 0 Å². The van der Waals surface area contributed by atoms with Gasteiger partial charge in [-0.1, -0.05) is 13.0 Å². The number of thiophene rings is 1. The van der Waals surface area contributed by atoms with Gasteiger partial charge in [-0.2, -0.15) is 0 Å². The topological polar surface area (TPSA) is 28.2 Å². The highest BCUT2D eigenvalue weighted by Crippen LogP contribution is 2.28. The van der Waals surface area contributed by atoms with E-state index in [1.807, 2.05) is 6.20 Å². The molecule has 0 saturated carbocycles. The highest BCUT2D eigenvalue weighted by molar-refractivity contribution is 7.15. The summed E-state index contributed by atoms with van der Waals surface area (Å²) >= 11 is 3.60. The first-order valence-corrected chi connectivity index (χ1v) is 8.40. The first kappa shape index (κ1) is 14.5. The molecule has 0 aliphatic rings. The maximum absolute atomic E-state index is 4.58. The van der Waals surface area contributed by atoms with E-state index in [1.54, 1.807) is 22.7 Å². The van der Waals surface area contributed by atoms with Crippen molar-refractivity contribution < 1.29 is 0 Å². The van der Waals surface area contributed by atoms with Gasteiger partial charge in [0.05, 0.1) is 6.54 Å². The Bertz CT molecular complexity index is 479. The molecular weight excluding hydrogens is 274 g/mol. The Morgan fingerprint density at radius 1 is 1.42 bits per heavy atom. The lowest BCUT2D eigenvalue weighted by Crippen LogP contribution is -2.21. The summed E-state index contributed by atoms with van der Waals surface area (Å²) in [5.74, 6) is 0. The lowest BCUT2D eigenvalue weighted by molar-refractivity contribution is 0.606. The van der Waals surface area contributed by atoms with Gasteiger partial charge in [0.25, 0.3) is 0 Å². The summed E-state index contributed by atoms with van der Waals surface area (Å²) in [5.41, 5.74) is 0. The van der Waals surface area contributed by atoms with Crippen molar-refractivity contribution in [2.45, 2.75) is 33.4 Å². The van der Waals surface area contributed by atoms with Crippen molar-refractivity contribution in [3.8, 4) is 0 Å². The first-order chi connectivity index (χ1) is 9.24. The fraction of sp³-hybridized carbons (Fsp3) is 0.500. The minimum atomic E-state index is 0.386. The number of aromatic nitrogens is 1. The first-order valence-electron chi connectivity index (χ1n) is 6.71. The third kappa shape index (κ3) is 3.78. The van der Waals surface area contributed by atoms with E-state index in [-0.39, 0.29) is 0 Å². The van der Waals surface area contributed by atoms with Crippen LogP contribution in [0.4, 0.5) is 5.13 Å². The molecule has 2 aromatic heterocycles. The van der Waals surface area contributed by atoms with E-state index in [4.69, 9.17) is 0 Å². The normalized spacial score (nSPS) is 12.6. The van der Waals surface area contributed by atoms with Crippen LogP contribution in [-0.4, -0.2) is 18.1 Å². The van der Waals surface area contributed by atoms with Gasteiger partial charge in [0, 0.05) is 28.5 Å². The molecule has 0 radical (unpaired) electrons. The van der Waals surface area contributed by atoms with Crippen LogP contribution >= 0.6 is 22.7 Å². The molecule has 0 saturated heterocycles. The predicted molar refractivity (Wildman–Crippen MR) is 85.2 cm³/mol. The summed E-state index contributed by atoms with van der Waals surface area (Å²) in [7, 11) is 0. The van der Waals surface area contributed by atoms with Crippen LogP contribution in [0.15, 0.2) is 23.7 Å². The summed E-state index contributed by atoms with van der Waals surface area (Å²) in [6.07, 6.45) is 2.00. The summed E-state index contributed by atoms with van der Waals surface area (Å²) < 4.78 is 0. The van der Waals surface area contributed by atoms with Gasteiger partial charge in [-0.3, -0.25) is 0 Å². The van der Waals surface area contributed by atoms with Crippen molar-refractivity contribution >= 4 is 27.8 Å². The highest BCUT2D eigenvalue weighted by atomic mass is 32.1. The molecule has 3 nitrogen and oxygen atoms in total. The maximum Gasteiger partial charge on any atom is 0.185 e. The molecule has 0 amide bonds. The predicted octanol–water partition coefficient (Wildman–Crippen LogP) is 3.90. The molecule has 2 aromatic rings. The molecule has 0 fully saturated rings. The van der Waals surface area contributed by atoms with E-state index in [2.05, 4.69) is 53.5 Å². The average Bonchev–Trinajstić information content (AvgIpc) is 3.07. The Morgan fingerprint density at radius 2 is 2.26 bits per heavy atom. The monoisotopic (exact) mass is 295 g/mol. The zero-order valence-corrected chi connectivity index (χ0v) is 13.4. The number of rotatable bonds is 7. The van der Waals surface area contributed by atoms with Crippen LogP contribution in [0, 0.1) is 0 Å². The van der Waals surface area contributed by atoms with Crippen LogP contribution in [0.25, 0.3) is 0 Å². The van der Waals surface area contributed by atoms with Crippen LogP contribution in [0.1, 0.15) is 36.6 Å². The quantitative estimate of drug-likeness (QED) is 0.839. The van der Waals surface area contributed by atoms with Crippen molar-refractivity contribution in [2.75, 3.05) is 18.0 Å². The second kappa shape index (κ2) is 7.03. The Balaban J connectivity index is 2.06. The molecule has 0 spiro atoms. The fourth-order valence-electron chi connectivity index (χ4n) is 1.94. The van der Waals surface area contributed by atoms with Gasteiger partial charge in [-0.15, -0.1) is 22.7 Å². The van der Waals surface area contributed by atoms with Gasteiger partial charge in [0.1, 0.15) is 0 Å². The minimum absolute atomic E-state index is 0.386. The van der Waals surface area contributed by atoms with Crippen molar-refractivity contribution in [1.29, 1.82) is 0 Å².